The van der Waals surface area contributed by atoms with Gasteiger partial charge in [-0.1, -0.05) is 11.6 Å². The van der Waals surface area contributed by atoms with E-state index in [9.17, 15) is 9.59 Å². The number of carbonyl (C=O) groups is 1. The molecular weight excluding hydrogens is 340 g/mol. The fraction of sp³-hybridized carbons (Fsp3) is 0.368. The van der Waals surface area contributed by atoms with Crippen molar-refractivity contribution in [2.45, 2.75) is 32.6 Å². The second kappa shape index (κ2) is 7.42. The molecule has 1 saturated heterocycles. The van der Waals surface area contributed by atoms with Crippen LogP contribution in [0.5, 0.6) is 0 Å². The summed E-state index contributed by atoms with van der Waals surface area (Å²) in [6, 6.07) is 6.98. The molecule has 0 aliphatic carbocycles. The standard InChI is InChI=1S/C19H21ClN2O3/c1-11-8-14(5-6-15(11)20)22-18(23)17-12(2)9-16(25-19(17)24)13-4-3-7-21-10-13/h5-6,8-9,13,21H,3-4,7,10H2,1-2H3,(H,22,23). The molecule has 2 aromatic rings. The maximum absolute atomic E-state index is 12.5. The largest absolute Gasteiger partial charge is 0.427 e. The molecule has 1 aromatic carbocycles. The third-order valence-corrected chi connectivity index (χ3v) is 4.93. The van der Waals surface area contributed by atoms with Crippen LogP contribution in [-0.2, 0) is 0 Å². The highest BCUT2D eigenvalue weighted by Crippen LogP contribution is 2.24. The summed E-state index contributed by atoms with van der Waals surface area (Å²) >= 11 is 5.99. The van der Waals surface area contributed by atoms with Crippen LogP contribution in [0.1, 0.15) is 46.0 Å². The number of anilines is 1. The van der Waals surface area contributed by atoms with Crippen LogP contribution in [0.4, 0.5) is 5.69 Å². The number of hydrogen-bond acceptors (Lipinski definition) is 4. The Hall–Kier alpha value is -2.11. The van der Waals surface area contributed by atoms with E-state index in [4.69, 9.17) is 16.0 Å². The van der Waals surface area contributed by atoms with E-state index < -0.39 is 11.5 Å². The molecule has 132 valence electrons. The summed E-state index contributed by atoms with van der Waals surface area (Å²) in [6.07, 6.45) is 2.02. The lowest BCUT2D eigenvalue weighted by molar-refractivity contribution is 0.102. The number of benzene rings is 1. The molecule has 0 bridgehead atoms. The summed E-state index contributed by atoms with van der Waals surface area (Å²) in [4.78, 5) is 24.9. The molecule has 2 heterocycles. The minimum absolute atomic E-state index is 0.0418. The smallest absolute Gasteiger partial charge is 0.349 e. The molecule has 0 spiro atoms. The summed E-state index contributed by atoms with van der Waals surface area (Å²) in [5.74, 6) is 0.353. The van der Waals surface area contributed by atoms with Crippen LogP contribution in [0.25, 0.3) is 0 Å². The van der Waals surface area contributed by atoms with Crippen molar-refractivity contribution in [2.75, 3.05) is 18.4 Å². The van der Waals surface area contributed by atoms with Gasteiger partial charge in [0.15, 0.2) is 0 Å². The van der Waals surface area contributed by atoms with Crippen molar-refractivity contribution < 1.29 is 9.21 Å². The molecule has 0 saturated carbocycles. The van der Waals surface area contributed by atoms with E-state index in [0.29, 0.717) is 22.0 Å². The van der Waals surface area contributed by atoms with Gasteiger partial charge in [-0.3, -0.25) is 4.79 Å². The quantitative estimate of drug-likeness (QED) is 0.876. The van der Waals surface area contributed by atoms with E-state index in [1.165, 1.54) is 0 Å². The van der Waals surface area contributed by atoms with Gasteiger partial charge < -0.3 is 15.1 Å². The molecule has 1 aliphatic rings. The fourth-order valence-corrected chi connectivity index (χ4v) is 3.24. The second-order valence-corrected chi connectivity index (χ2v) is 6.86. The van der Waals surface area contributed by atoms with Crippen LogP contribution in [-0.4, -0.2) is 19.0 Å². The predicted octanol–water partition coefficient (Wildman–Crippen LogP) is 3.63. The van der Waals surface area contributed by atoms with E-state index in [2.05, 4.69) is 10.6 Å². The first kappa shape index (κ1) is 17.7. The van der Waals surface area contributed by atoms with Crippen molar-refractivity contribution in [1.82, 2.24) is 5.32 Å². The van der Waals surface area contributed by atoms with E-state index in [1.807, 2.05) is 6.92 Å². The highest BCUT2D eigenvalue weighted by molar-refractivity contribution is 6.31. The Morgan fingerprint density at radius 2 is 2.08 bits per heavy atom. The van der Waals surface area contributed by atoms with Gasteiger partial charge in [0.1, 0.15) is 11.3 Å². The number of amides is 1. The maximum atomic E-state index is 12.5. The van der Waals surface area contributed by atoms with Gasteiger partial charge >= 0.3 is 5.63 Å². The molecule has 5 nitrogen and oxygen atoms in total. The molecular formula is C19H21ClN2O3. The van der Waals surface area contributed by atoms with Crippen molar-refractivity contribution >= 4 is 23.2 Å². The molecule has 1 aliphatic heterocycles. The number of carbonyl (C=O) groups excluding carboxylic acids is 1. The zero-order valence-electron chi connectivity index (χ0n) is 14.3. The Bertz CT molecular complexity index is 854. The van der Waals surface area contributed by atoms with Crippen LogP contribution in [0.15, 0.2) is 33.5 Å². The number of halogens is 1. The number of rotatable bonds is 3. The minimum atomic E-state index is -0.594. The Morgan fingerprint density at radius 1 is 1.28 bits per heavy atom. The third-order valence-electron chi connectivity index (χ3n) is 4.51. The zero-order chi connectivity index (χ0) is 18.0. The minimum Gasteiger partial charge on any atom is -0.427 e. The molecule has 1 aromatic heterocycles. The van der Waals surface area contributed by atoms with E-state index in [0.717, 1.165) is 31.5 Å². The van der Waals surface area contributed by atoms with Crippen LogP contribution in [0.2, 0.25) is 5.02 Å². The Balaban J connectivity index is 1.84. The highest BCUT2D eigenvalue weighted by Gasteiger charge is 2.22. The van der Waals surface area contributed by atoms with Crippen LogP contribution in [0, 0.1) is 13.8 Å². The Kier molecular flexibility index (Phi) is 5.25. The van der Waals surface area contributed by atoms with E-state index in [-0.39, 0.29) is 11.5 Å². The first-order valence-electron chi connectivity index (χ1n) is 8.38. The summed E-state index contributed by atoms with van der Waals surface area (Å²) in [5.41, 5.74) is 1.51. The molecule has 3 rings (SSSR count). The lowest BCUT2D eigenvalue weighted by Crippen LogP contribution is -2.30. The van der Waals surface area contributed by atoms with Gasteiger partial charge in [0.05, 0.1) is 0 Å². The van der Waals surface area contributed by atoms with Gasteiger partial charge in [-0.25, -0.2) is 4.79 Å². The molecule has 2 N–H and O–H groups in total. The molecule has 1 unspecified atom stereocenters. The third kappa shape index (κ3) is 3.94. The molecule has 25 heavy (non-hydrogen) atoms. The van der Waals surface area contributed by atoms with Crippen LogP contribution >= 0.6 is 11.6 Å². The molecule has 1 fully saturated rings. The van der Waals surface area contributed by atoms with Gasteiger partial charge in [0.2, 0.25) is 0 Å². The van der Waals surface area contributed by atoms with Gasteiger partial charge in [-0.15, -0.1) is 0 Å². The summed E-state index contributed by atoms with van der Waals surface area (Å²) in [7, 11) is 0. The summed E-state index contributed by atoms with van der Waals surface area (Å²) in [5, 5.41) is 6.66. The SMILES string of the molecule is Cc1cc(NC(=O)c2c(C)cc(C3CCCNC3)oc2=O)ccc1Cl. The van der Waals surface area contributed by atoms with Crippen molar-refractivity contribution in [1.29, 1.82) is 0 Å². The number of piperidine rings is 1. The van der Waals surface area contributed by atoms with Gasteiger partial charge in [0.25, 0.3) is 5.91 Å². The lowest BCUT2D eigenvalue weighted by Gasteiger charge is -2.22. The number of nitrogens with one attached hydrogen (secondary N) is 2. The number of hydrogen-bond donors (Lipinski definition) is 2. The van der Waals surface area contributed by atoms with Crippen molar-refractivity contribution in [2.24, 2.45) is 0 Å². The predicted molar refractivity (Wildman–Crippen MR) is 98.7 cm³/mol. The molecule has 1 amide bonds. The van der Waals surface area contributed by atoms with Gasteiger partial charge in [-0.05, 0) is 68.6 Å². The highest BCUT2D eigenvalue weighted by atomic mass is 35.5. The molecule has 1 atom stereocenters. The zero-order valence-corrected chi connectivity index (χ0v) is 15.1. The average molecular weight is 361 g/mol. The monoisotopic (exact) mass is 360 g/mol. The van der Waals surface area contributed by atoms with Crippen LogP contribution < -0.4 is 16.3 Å². The fourth-order valence-electron chi connectivity index (χ4n) is 3.12. The Morgan fingerprint density at radius 3 is 2.72 bits per heavy atom. The number of aryl methyl sites for hydroxylation is 2. The van der Waals surface area contributed by atoms with E-state index >= 15 is 0 Å². The van der Waals surface area contributed by atoms with Crippen LogP contribution in [0.3, 0.4) is 0 Å². The van der Waals surface area contributed by atoms with Gasteiger partial charge in [-0.2, -0.15) is 0 Å². The normalized spacial score (nSPS) is 17.3. The van der Waals surface area contributed by atoms with Gasteiger partial charge in [0, 0.05) is 23.2 Å². The topological polar surface area (TPSA) is 71.3 Å². The second-order valence-electron chi connectivity index (χ2n) is 6.46. The van der Waals surface area contributed by atoms with E-state index in [1.54, 1.807) is 31.2 Å². The maximum Gasteiger partial charge on any atom is 0.349 e. The molecule has 0 radical (unpaired) electrons. The van der Waals surface area contributed by atoms with Crippen molar-refractivity contribution in [3.05, 3.63) is 62.2 Å². The summed E-state index contributed by atoms with van der Waals surface area (Å²) < 4.78 is 5.45. The lowest BCUT2D eigenvalue weighted by atomic mass is 9.95. The molecule has 6 heteroatoms. The Labute approximate surface area is 151 Å². The summed E-state index contributed by atoms with van der Waals surface area (Å²) in [6.45, 7) is 5.39. The first-order chi connectivity index (χ1) is 12.0. The average Bonchev–Trinajstić information content (AvgIpc) is 2.58. The van der Waals surface area contributed by atoms with Crippen molar-refractivity contribution in [3.63, 3.8) is 0 Å². The first-order valence-corrected chi connectivity index (χ1v) is 8.76. The van der Waals surface area contributed by atoms with Crippen molar-refractivity contribution in [3.8, 4) is 0 Å².